The summed E-state index contributed by atoms with van der Waals surface area (Å²) in [6.07, 6.45) is 10.4. The van der Waals surface area contributed by atoms with Crippen molar-refractivity contribution in [3.63, 3.8) is 0 Å². The minimum atomic E-state index is -2.51. The molecular formula is C24H48O4SSi. The number of allylic oxidation sites excluding steroid dienone is 4. The molecule has 4 nitrogen and oxygen atoms in total. The molecule has 0 saturated carbocycles. The van der Waals surface area contributed by atoms with Crippen molar-refractivity contribution >= 4 is 20.6 Å². The van der Waals surface area contributed by atoms with Crippen LogP contribution in [-0.2, 0) is 13.3 Å². The van der Waals surface area contributed by atoms with Gasteiger partial charge in [0.05, 0.1) is 5.60 Å². The predicted octanol–water partition coefficient (Wildman–Crippen LogP) is 6.77. The molecule has 0 fully saturated rings. The Morgan fingerprint density at radius 1 is 0.900 bits per heavy atom. The zero-order valence-electron chi connectivity index (χ0n) is 20.7. The lowest BCUT2D eigenvalue weighted by molar-refractivity contribution is 0.0491. The van der Waals surface area contributed by atoms with Crippen molar-refractivity contribution in [1.82, 2.24) is 0 Å². The quantitative estimate of drug-likeness (QED) is 0.131. The van der Waals surface area contributed by atoms with Gasteiger partial charge in [-0.15, -0.1) is 0 Å². The van der Waals surface area contributed by atoms with Crippen molar-refractivity contribution in [3.8, 4) is 0 Å². The van der Waals surface area contributed by atoms with E-state index >= 15 is 0 Å². The highest BCUT2D eigenvalue weighted by molar-refractivity contribution is 7.99. The van der Waals surface area contributed by atoms with Crippen LogP contribution in [0.1, 0.15) is 87.0 Å². The molecular weight excluding hydrogens is 412 g/mol. The summed E-state index contributed by atoms with van der Waals surface area (Å²) in [4.78, 5) is 0. The van der Waals surface area contributed by atoms with Gasteiger partial charge in [0.25, 0.3) is 0 Å². The van der Waals surface area contributed by atoms with E-state index in [9.17, 15) is 5.11 Å². The second kappa shape index (κ2) is 17.4. The summed E-state index contributed by atoms with van der Waals surface area (Å²) in [6.45, 7) is 16.3. The topological polar surface area (TPSA) is 47.9 Å². The molecule has 0 saturated heterocycles. The SMILES string of the molecule is CCO[Si](CCCSCCC(C)(O)CC/C=C(\C)CCC=C(C)C)(OCC)OCC. The summed E-state index contributed by atoms with van der Waals surface area (Å²) in [5, 5.41) is 10.7. The average molecular weight is 461 g/mol. The summed E-state index contributed by atoms with van der Waals surface area (Å²) >= 11 is 1.90. The van der Waals surface area contributed by atoms with Gasteiger partial charge in [0.15, 0.2) is 0 Å². The van der Waals surface area contributed by atoms with Crippen molar-refractivity contribution in [2.45, 2.75) is 98.6 Å². The predicted molar refractivity (Wildman–Crippen MR) is 134 cm³/mol. The fourth-order valence-corrected chi connectivity index (χ4v) is 7.24. The van der Waals surface area contributed by atoms with Crippen molar-refractivity contribution in [3.05, 3.63) is 23.3 Å². The lowest BCUT2D eigenvalue weighted by Crippen LogP contribution is -2.46. The smallest absolute Gasteiger partial charge is 0.390 e. The van der Waals surface area contributed by atoms with E-state index in [0.29, 0.717) is 19.8 Å². The van der Waals surface area contributed by atoms with Crippen LogP contribution in [0.5, 0.6) is 0 Å². The van der Waals surface area contributed by atoms with Gasteiger partial charge in [-0.05, 0) is 98.5 Å². The molecule has 1 atom stereocenters. The minimum absolute atomic E-state index is 0.593. The molecule has 0 aliphatic heterocycles. The lowest BCUT2D eigenvalue weighted by Gasteiger charge is -2.28. The Labute approximate surface area is 192 Å². The molecule has 0 spiro atoms. The van der Waals surface area contributed by atoms with E-state index < -0.39 is 14.4 Å². The summed E-state index contributed by atoms with van der Waals surface area (Å²) in [5.41, 5.74) is 2.21. The Kier molecular flexibility index (Phi) is 17.4. The van der Waals surface area contributed by atoms with E-state index in [1.54, 1.807) is 0 Å². The number of hydrogen-bond acceptors (Lipinski definition) is 5. The van der Waals surface area contributed by atoms with Gasteiger partial charge >= 0.3 is 8.80 Å². The maximum atomic E-state index is 10.7. The van der Waals surface area contributed by atoms with Gasteiger partial charge in [0.2, 0.25) is 0 Å². The molecule has 0 aliphatic rings. The van der Waals surface area contributed by atoms with Crippen LogP contribution in [0, 0.1) is 0 Å². The van der Waals surface area contributed by atoms with Crippen LogP contribution < -0.4 is 0 Å². The molecule has 0 aromatic heterocycles. The summed E-state index contributed by atoms with van der Waals surface area (Å²) in [6, 6.07) is 0.864. The van der Waals surface area contributed by atoms with Crippen molar-refractivity contribution in [2.75, 3.05) is 31.3 Å². The third-order valence-corrected chi connectivity index (χ3v) is 9.14. The molecule has 0 rings (SSSR count). The van der Waals surface area contributed by atoms with Crippen LogP contribution in [0.15, 0.2) is 23.3 Å². The second-order valence-electron chi connectivity index (χ2n) is 8.35. The zero-order chi connectivity index (χ0) is 22.9. The number of aliphatic hydroxyl groups is 1. The molecule has 0 aromatic carbocycles. The first-order valence-electron chi connectivity index (χ1n) is 11.7. The highest BCUT2D eigenvalue weighted by atomic mass is 32.2. The Morgan fingerprint density at radius 3 is 2.03 bits per heavy atom. The molecule has 0 heterocycles. The molecule has 30 heavy (non-hydrogen) atoms. The maximum Gasteiger partial charge on any atom is 0.500 e. The Hall–Kier alpha value is -0.113. The maximum absolute atomic E-state index is 10.7. The fraction of sp³-hybridized carbons (Fsp3) is 0.833. The van der Waals surface area contributed by atoms with E-state index in [2.05, 4.69) is 32.9 Å². The van der Waals surface area contributed by atoms with Gasteiger partial charge in [-0.1, -0.05) is 23.3 Å². The highest BCUT2D eigenvalue weighted by Gasteiger charge is 2.39. The Morgan fingerprint density at radius 2 is 1.50 bits per heavy atom. The van der Waals surface area contributed by atoms with Crippen LogP contribution in [0.25, 0.3) is 0 Å². The van der Waals surface area contributed by atoms with E-state index in [1.165, 1.54) is 11.1 Å². The standard InChI is InChI=1S/C24H48O4SSi/c1-8-26-30(27-9-2,28-10-3)21-13-19-29-20-18-24(7,25)17-12-16-23(6)15-11-14-22(4)5/h14,16,25H,8-13,15,17-21H2,1-7H3/b23-16+. The van der Waals surface area contributed by atoms with Crippen LogP contribution in [-0.4, -0.2) is 50.8 Å². The molecule has 0 aliphatic carbocycles. The van der Waals surface area contributed by atoms with Gasteiger partial charge in [-0.25, -0.2) is 0 Å². The van der Waals surface area contributed by atoms with Crippen LogP contribution in [0.3, 0.4) is 0 Å². The third-order valence-electron chi connectivity index (χ3n) is 4.92. The Bertz CT molecular complexity index is 471. The molecule has 0 radical (unpaired) electrons. The third kappa shape index (κ3) is 15.7. The average Bonchev–Trinajstić information content (AvgIpc) is 2.64. The first-order chi connectivity index (χ1) is 14.2. The lowest BCUT2D eigenvalue weighted by atomic mass is 9.96. The fourth-order valence-electron chi connectivity index (χ4n) is 3.23. The molecule has 1 unspecified atom stereocenters. The van der Waals surface area contributed by atoms with Crippen molar-refractivity contribution in [2.24, 2.45) is 0 Å². The first-order valence-corrected chi connectivity index (χ1v) is 14.8. The number of thioether (sulfide) groups is 1. The number of rotatable bonds is 19. The molecule has 0 aromatic rings. The highest BCUT2D eigenvalue weighted by Crippen LogP contribution is 2.23. The largest absolute Gasteiger partial charge is 0.500 e. The summed E-state index contributed by atoms with van der Waals surface area (Å²) < 4.78 is 17.7. The first kappa shape index (κ1) is 29.9. The van der Waals surface area contributed by atoms with Gasteiger partial charge in [0.1, 0.15) is 0 Å². The monoisotopic (exact) mass is 460 g/mol. The van der Waals surface area contributed by atoms with Gasteiger partial charge < -0.3 is 18.4 Å². The molecule has 178 valence electrons. The molecule has 1 N–H and O–H groups in total. The molecule has 6 heteroatoms. The molecule has 0 bridgehead atoms. The second-order valence-corrected chi connectivity index (χ2v) is 12.3. The van der Waals surface area contributed by atoms with Gasteiger partial charge in [0, 0.05) is 25.9 Å². The Balaban J connectivity index is 4.13. The summed E-state index contributed by atoms with van der Waals surface area (Å²) in [5.74, 6) is 2.02. The summed E-state index contributed by atoms with van der Waals surface area (Å²) in [7, 11) is -2.51. The van der Waals surface area contributed by atoms with Crippen molar-refractivity contribution in [1.29, 1.82) is 0 Å². The minimum Gasteiger partial charge on any atom is -0.390 e. The van der Waals surface area contributed by atoms with E-state index in [4.69, 9.17) is 13.3 Å². The zero-order valence-corrected chi connectivity index (χ0v) is 22.5. The van der Waals surface area contributed by atoms with Crippen LogP contribution >= 0.6 is 11.8 Å². The normalized spacial score (nSPS) is 14.6. The van der Waals surface area contributed by atoms with Crippen LogP contribution in [0.4, 0.5) is 0 Å². The van der Waals surface area contributed by atoms with Gasteiger partial charge in [-0.3, -0.25) is 0 Å². The molecule has 0 amide bonds. The van der Waals surface area contributed by atoms with Gasteiger partial charge in [-0.2, -0.15) is 11.8 Å². The van der Waals surface area contributed by atoms with E-state index in [-0.39, 0.29) is 0 Å². The van der Waals surface area contributed by atoms with E-state index in [0.717, 1.165) is 56.1 Å². The van der Waals surface area contributed by atoms with E-state index in [1.807, 2.05) is 39.5 Å². The van der Waals surface area contributed by atoms with Crippen LogP contribution in [0.2, 0.25) is 6.04 Å². The number of hydrogen-bond donors (Lipinski definition) is 1. The van der Waals surface area contributed by atoms with Crippen molar-refractivity contribution < 1.29 is 18.4 Å².